The number of halogens is 1. The minimum absolute atomic E-state index is 0.216. The Morgan fingerprint density at radius 2 is 2.25 bits per heavy atom. The van der Waals surface area contributed by atoms with E-state index < -0.39 is 0 Å². The molecule has 20 heavy (non-hydrogen) atoms. The topological polar surface area (TPSA) is 71.8 Å². The molecule has 2 heterocycles. The number of nitrogens with zero attached hydrogens (tertiary/aromatic N) is 3. The number of anilines is 1. The van der Waals surface area contributed by atoms with Crippen molar-refractivity contribution in [3.05, 3.63) is 40.8 Å². The van der Waals surface area contributed by atoms with Crippen LogP contribution in [0.5, 0.6) is 0 Å². The lowest BCUT2D eigenvalue weighted by atomic mass is 10.2. The van der Waals surface area contributed by atoms with Crippen LogP contribution in [0, 0.1) is 0 Å². The smallest absolute Gasteiger partial charge is 0.253 e. The number of carbonyl (C=O) groups is 1. The number of nitrogens with one attached hydrogen (secondary N) is 2. The van der Waals surface area contributed by atoms with Gasteiger partial charge < -0.3 is 10.6 Å². The Morgan fingerprint density at radius 1 is 1.45 bits per heavy atom. The molecule has 0 aromatic carbocycles. The van der Waals surface area contributed by atoms with Crippen LogP contribution in [0.3, 0.4) is 0 Å². The molecule has 1 amide bonds. The lowest BCUT2D eigenvalue weighted by Gasteiger charge is -2.07. The van der Waals surface area contributed by atoms with E-state index >= 15 is 0 Å². The van der Waals surface area contributed by atoms with E-state index in [0.29, 0.717) is 22.9 Å². The summed E-state index contributed by atoms with van der Waals surface area (Å²) in [5, 5.41) is 10.3. The van der Waals surface area contributed by atoms with E-state index in [1.807, 2.05) is 20.2 Å². The average Bonchev–Trinajstić information content (AvgIpc) is 2.84. The zero-order chi connectivity index (χ0) is 14.5. The van der Waals surface area contributed by atoms with Gasteiger partial charge in [0.2, 0.25) is 0 Å². The Kier molecular flexibility index (Phi) is 4.57. The first-order valence-corrected chi connectivity index (χ1v) is 6.63. The van der Waals surface area contributed by atoms with Crippen molar-refractivity contribution in [3.63, 3.8) is 0 Å². The monoisotopic (exact) mass is 293 g/mol. The first-order chi connectivity index (χ1) is 9.60. The van der Waals surface area contributed by atoms with Gasteiger partial charge in [-0.25, -0.2) is 4.98 Å². The average molecular weight is 294 g/mol. The number of hydrogen-bond donors (Lipinski definition) is 2. The Labute approximate surface area is 122 Å². The quantitative estimate of drug-likeness (QED) is 0.882. The van der Waals surface area contributed by atoms with Gasteiger partial charge in [0.1, 0.15) is 5.82 Å². The van der Waals surface area contributed by atoms with E-state index in [0.717, 1.165) is 12.1 Å². The number of aryl methyl sites for hydroxylation is 1. The summed E-state index contributed by atoms with van der Waals surface area (Å²) < 4.78 is 1.69. The van der Waals surface area contributed by atoms with E-state index in [1.54, 1.807) is 16.9 Å². The van der Waals surface area contributed by atoms with Crippen LogP contribution in [0.25, 0.3) is 0 Å². The number of aromatic nitrogens is 3. The molecule has 0 aliphatic carbocycles. The lowest BCUT2D eigenvalue weighted by molar-refractivity contribution is 0.0950. The fourth-order valence-corrected chi connectivity index (χ4v) is 1.94. The molecule has 7 heteroatoms. The first-order valence-electron chi connectivity index (χ1n) is 6.25. The molecule has 0 saturated carbocycles. The van der Waals surface area contributed by atoms with Crippen molar-refractivity contribution in [2.24, 2.45) is 7.05 Å². The van der Waals surface area contributed by atoms with Gasteiger partial charge in [0.15, 0.2) is 0 Å². The minimum atomic E-state index is -0.216. The van der Waals surface area contributed by atoms with Gasteiger partial charge in [-0.2, -0.15) is 5.10 Å². The number of amides is 1. The van der Waals surface area contributed by atoms with Crippen LogP contribution in [0.2, 0.25) is 5.02 Å². The summed E-state index contributed by atoms with van der Waals surface area (Å²) in [6.45, 7) is 3.09. The number of pyridine rings is 1. The molecule has 6 nitrogen and oxygen atoms in total. The third kappa shape index (κ3) is 3.48. The molecule has 0 bridgehead atoms. The summed E-state index contributed by atoms with van der Waals surface area (Å²) >= 11 is 6.05. The first kappa shape index (κ1) is 14.3. The highest BCUT2D eigenvalue weighted by Gasteiger charge is 2.09. The summed E-state index contributed by atoms with van der Waals surface area (Å²) in [6.07, 6.45) is 5.06. The molecule has 0 unspecified atom stereocenters. The molecule has 106 valence electrons. The minimum Gasteiger partial charge on any atom is -0.369 e. The molecule has 0 aliphatic heterocycles. The van der Waals surface area contributed by atoms with Crippen molar-refractivity contribution in [3.8, 4) is 0 Å². The lowest BCUT2D eigenvalue weighted by Crippen LogP contribution is -2.22. The van der Waals surface area contributed by atoms with Crippen LogP contribution in [0.4, 0.5) is 5.82 Å². The normalized spacial score (nSPS) is 10.3. The van der Waals surface area contributed by atoms with Crippen molar-refractivity contribution in [2.45, 2.75) is 13.5 Å². The summed E-state index contributed by atoms with van der Waals surface area (Å²) in [5.41, 5.74) is 1.37. The van der Waals surface area contributed by atoms with Gasteiger partial charge in [-0.1, -0.05) is 11.6 Å². The summed E-state index contributed by atoms with van der Waals surface area (Å²) in [6, 6.07) is 1.60. The summed E-state index contributed by atoms with van der Waals surface area (Å²) in [7, 11) is 1.83. The van der Waals surface area contributed by atoms with Crippen molar-refractivity contribution in [2.75, 3.05) is 11.9 Å². The van der Waals surface area contributed by atoms with E-state index in [4.69, 9.17) is 11.6 Å². The Morgan fingerprint density at radius 3 is 2.85 bits per heavy atom. The zero-order valence-corrected chi connectivity index (χ0v) is 12.1. The highest BCUT2D eigenvalue weighted by molar-refractivity contribution is 6.33. The largest absolute Gasteiger partial charge is 0.369 e. The van der Waals surface area contributed by atoms with Crippen LogP contribution in [-0.4, -0.2) is 27.2 Å². The molecular formula is C13H16ClN5O. The van der Waals surface area contributed by atoms with E-state index in [9.17, 15) is 4.79 Å². The predicted octanol–water partition coefficient (Wildman–Crippen LogP) is 1.83. The maximum absolute atomic E-state index is 12.0. The van der Waals surface area contributed by atoms with E-state index in [1.165, 1.54) is 6.20 Å². The Hall–Kier alpha value is -2.08. The van der Waals surface area contributed by atoms with Crippen LogP contribution in [0.1, 0.15) is 22.8 Å². The van der Waals surface area contributed by atoms with Crippen LogP contribution >= 0.6 is 11.6 Å². The number of carbonyl (C=O) groups excluding carboxylic acids is 1. The highest BCUT2D eigenvalue weighted by Crippen LogP contribution is 2.19. The molecular weight excluding hydrogens is 278 g/mol. The van der Waals surface area contributed by atoms with Gasteiger partial charge in [-0.15, -0.1) is 0 Å². The van der Waals surface area contributed by atoms with Gasteiger partial charge in [-0.05, 0) is 13.0 Å². The molecule has 0 radical (unpaired) electrons. The second-order valence-electron chi connectivity index (χ2n) is 4.29. The van der Waals surface area contributed by atoms with E-state index in [2.05, 4.69) is 20.7 Å². The molecule has 2 aromatic heterocycles. The number of rotatable bonds is 5. The summed E-state index contributed by atoms with van der Waals surface area (Å²) in [5.74, 6) is 0.365. The molecule has 0 spiro atoms. The third-order valence-corrected chi connectivity index (χ3v) is 2.95. The van der Waals surface area contributed by atoms with Crippen LogP contribution in [-0.2, 0) is 13.6 Å². The molecule has 2 N–H and O–H groups in total. The predicted molar refractivity (Wildman–Crippen MR) is 77.8 cm³/mol. The molecule has 2 aromatic rings. The molecule has 0 fully saturated rings. The Balaban J connectivity index is 2.00. The second-order valence-corrected chi connectivity index (χ2v) is 4.70. The van der Waals surface area contributed by atoms with Gasteiger partial charge >= 0.3 is 0 Å². The number of hydrogen-bond acceptors (Lipinski definition) is 4. The van der Waals surface area contributed by atoms with Crippen molar-refractivity contribution in [1.29, 1.82) is 0 Å². The highest BCUT2D eigenvalue weighted by atomic mass is 35.5. The van der Waals surface area contributed by atoms with Gasteiger partial charge in [-0.3, -0.25) is 9.48 Å². The van der Waals surface area contributed by atoms with Crippen LogP contribution in [0.15, 0.2) is 24.7 Å². The molecule has 2 rings (SSSR count). The van der Waals surface area contributed by atoms with Gasteiger partial charge in [0.05, 0.1) is 16.8 Å². The van der Waals surface area contributed by atoms with Crippen molar-refractivity contribution in [1.82, 2.24) is 20.1 Å². The van der Waals surface area contributed by atoms with Gasteiger partial charge in [0, 0.05) is 38.1 Å². The third-order valence-electron chi connectivity index (χ3n) is 2.66. The summed E-state index contributed by atoms with van der Waals surface area (Å²) in [4.78, 5) is 16.1. The van der Waals surface area contributed by atoms with Crippen molar-refractivity contribution < 1.29 is 4.79 Å². The SMILES string of the molecule is CCNc1ncc(C(=O)NCc2cnn(C)c2)cc1Cl. The van der Waals surface area contributed by atoms with Crippen LogP contribution < -0.4 is 10.6 Å². The fraction of sp³-hybridized carbons (Fsp3) is 0.308. The second kappa shape index (κ2) is 6.38. The maximum atomic E-state index is 12.0. The maximum Gasteiger partial charge on any atom is 0.253 e. The van der Waals surface area contributed by atoms with Crippen molar-refractivity contribution >= 4 is 23.3 Å². The van der Waals surface area contributed by atoms with Gasteiger partial charge in [0.25, 0.3) is 5.91 Å². The van der Waals surface area contributed by atoms with E-state index in [-0.39, 0.29) is 5.91 Å². The molecule has 0 atom stereocenters. The Bertz CT molecular complexity index is 611. The molecule has 0 saturated heterocycles. The molecule has 0 aliphatic rings. The standard InChI is InChI=1S/C13H16ClN5O/c1-3-15-12-11(14)4-10(7-16-12)13(20)17-5-9-6-18-19(2)8-9/h4,6-8H,3,5H2,1-2H3,(H,15,16)(H,17,20). The zero-order valence-electron chi connectivity index (χ0n) is 11.4. The fourth-order valence-electron chi connectivity index (χ4n) is 1.71.